The summed E-state index contributed by atoms with van der Waals surface area (Å²) in [5, 5.41) is -0.379. The highest BCUT2D eigenvalue weighted by molar-refractivity contribution is 7.89. The van der Waals surface area contributed by atoms with Crippen LogP contribution in [0.2, 0.25) is 5.02 Å². The standard InChI is InChI=1S/C11H10ClF3N2O3S/c12-8-4-3-7(11(13,14)15)5-9(8)21(19,20)17-16-10(18)6-1-2-6/h3-6,17H,1-2H2,(H,16,18). The highest BCUT2D eigenvalue weighted by Gasteiger charge is 2.34. The van der Waals surface area contributed by atoms with Gasteiger partial charge in [-0.2, -0.15) is 13.2 Å². The summed E-state index contributed by atoms with van der Waals surface area (Å²) in [6.45, 7) is 0. The first-order chi connectivity index (χ1) is 9.61. The third-order valence-corrected chi connectivity index (χ3v) is 4.53. The number of benzene rings is 1. The molecule has 5 nitrogen and oxygen atoms in total. The molecule has 1 saturated carbocycles. The lowest BCUT2D eigenvalue weighted by molar-refractivity contribution is -0.137. The van der Waals surface area contributed by atoms with Crippen LogP contribution in [0.5, 0.6) is 0 Å². The molecule has 21 heavy (non-hydrogen) atoms. The van der Waals surface area contributed by atoms with Crippen molar-refractivity contribution in [1.82, 2.24) is 10.3 Å². The molecule has 0 aliphatic heterocycles. The lowest BCUT2D eigenvalue weighted by atomic mass is 10.2. The number of carbonyl (C=O) groups is 1. The van der Waals surface area contributed by atoms with Crippen LogP contribution in [-0.2, 0) is 21.0 Å². The molecule has 1 aliphatic carbocycles. The lowest BCUT2D eigenvalue weighted by Crippen LogP contribution is -2.42. The Morgan fingerprint density at radius 3 is 2.43 bits per heavy atom. The van der Waals surface area contributed by atoms with Crippen LogP contribution in [0.4, 0.5) is 13.2 Å². The maximum absolute atomic E-state index is 12.6. The van der Waals surface area contributed by atoms with Gasteiger partial charge in [-0.05, 0) is 31.0 Å². The van der Waals surface area contributed by atoms with Crippen LogP contribution in [0, 0.1) is 5.92 Å². The Bertz CT molecular complexity index is 672. The van der Waals surface area contributed by atoms with E-state index < -0.39 is 32.6 Å². The average Bonchev–Trinajstić information content (AvgIpc) is 3.19. The van der Waals surface area contributed by atoms with Crippen LogP contribution in [0.25, 0.3) is 0 Å². The van der Waals surface area contributed by atoms with Crippen LogP contribution in [0.15, 0.2) is 23.1 Å². The zero-order valence-corrected chi connectivity index (χ0v) is 11.9. The zero-order chi connectivity index (χ0) is 15.8. The second-order valence-electron chi connectivity index (χ2n) is 4.51. The fourth-order valence-electron chi connectivity index (χ4n) is 1.51. The van der Waals surface area contributed by atoms with Gasteiger partial charge >= 0.3 is 6.18 Å². The van der Waals surface area contributed by atoms with Crippen molar-refractivity contribution in [3.05, 3.63) is 28.8 Å². The Balaban J connectivity index is 2.24. The smallest absolute Gasteiger partial charge is 0.277 e. The van der Waals surface area contributed by atoms with Gasteiger partial charge in [0.05, 0.1) is 10.6 Å². The number of nitrogens with one attached hydrogen (secondary N) is 2. The number of halogens is 4. The molecule has 0 heterocycles. The maximum Gasteiger partial charge on any atom is 0.416 e. The first kappa shape index (κ1) is 16.1. The largest absolute Gasteiger partial charge is 0.416 e. The quantitative estimate of drug-likeness (QED) is 0.823. The summed E-state index contributed by atoms with van der Waals surface area (Å²) in [5.74, 6) is -0.786. The minimum atomic E-state index is -4.70. The van der Waals surface area contributed by atoms with E-state index in [-0.39, 0.29) is 10.9 Å². The monoisotopic (exact) mass is 342 g/mol. The van der Waals surface area contributed by atoms with E-state index in [9.17, 15) is 26.4 Å². The van der Waals surface area contributed by atoms with Crippen LogP contribution >= 0.6 is 11.6 Å². The Labute approximate surface area is 123 Å². The Hall–Kier alpha value is -1.32. The van der Waals surface area contributed by atoms with E-state index in [4.69, 9.17) is 11.6 Å². The predicted molar refractivity (Wildman–Crippen MR) is 67.6 cm³/mol. The minimum absolute atomic E-state index is 0.260. The van der Waals surface area contributed by atoms with Crippen molar-refractivity contribution in [1.29, 1.82) is 0 Å². The van der Waals surface area contributed by atoms with Gasteiger partial charge in [0.1, 0.15) is 4.90 Å². The van der Waals surface area contributed by atoms with Crippen LogP contribution in [0.1, 0.15) is 18.4 Å². The van der Waals surface area contributed by atoms with Crippen molar-refractivity contribution in [3.8, 4) is 0 Å². The van der Waals surface area contributed by atoms with Crippen LogP contribution < -0.4 is 10.3 Å². The summed E-state index contributed by atoms with van der Waals surface area (Å²) < 4.78 is 61.6. The molecule has 0 radical (unpaired) electrons. The van der Waals surface area contributed by atoms with Gasteiger partial charge in [0.25, 0.3) is 10.0 Å². The molecule has 0 spiro atoms. The number of carbonyl (C=O) groups excluding carboxylic acids is 1. The average molecular weight is 343 g/mol. The summed E-state index contributed by atoms with van der Waals surface area (Å²) in [4.78, 5) is 12.3. The first-order valence-corrected chi connectivity index (χ1v) is 7.66. The van der Waals surface area contributed by atoms with Gasteiger partial charge in [-0.15, -0.1) is 4.83 Å². The maximum atomic E-state index is 12.6. The molecule has 1 amide bonds. The van der Waals surface area contributed by atoms with E-state index in [1.807, 2.05) is 5.43 Å². The topological polar surface area (TPSA) is 75.3 Å². The molecule has 2 rings (SSSR count). The molecule has 2 N–H and O–H groups in total. The van der Waals surface area contributed by atoms with E-state index in [1.165, 1.54) is 0 Å². The van der Waals surface area contributed by atoms with Crippen molar-refractivity contribution in [2.24, 2.45) is 5.92 Å². The van der Waals surface area contributed by atoms with Crippen molar-refractivity contribution in [2.75, 3.05) is 0 Å². The van der Waals surface area contributed by atoms with Gasteiger partial charge in [0.15, 0.2) is 0 Å². The Morgan fingerprint density at radius 2 is 1.90 bits per heavy atom. The fraction of sp³-hybridized carbons (Fsp3) is 0.364. The van der Waals surface area contributed by atoms with E-state index in [2.05, 4.69) is 0 Å². The highest BCUT2D eigenvalue weighted by atomic mass is 35.5. The number of hydrogen-bond acceptors (Lipinski definition) is 3. The highest BCUT2D eigenvalue weighted by Crippen LogP contribution is 2.33. The van der Waals surface area contributed by atoms with Gasteiger partial charge in [0, 0.05) is 5.92 Å². The third-order valence-electron chi connectivity index (χ3n) is 2.80. The van der Waals surface area contributed by atoms with E-state index in [0.717, 1.165) is 6.07 Å². The van der Waals surface area contributed by atoms with E-state index >= 15 is 0 Å². The number of alkyl halides is 3. The van der Waals surface area contributed by atoms with Gasteiger partial charge in [-0.3, -0.25) is 10.2 Å². The fourth-order valence-corrected chi connectivity index (χ4v) is 2.88. The lowest BCUT2D eigenvalue weighted by Gasteiger charge is -2.12. The molecule has 1 aromatic rings. The SMILES string of the molecule is O=C(NNS(=O)(=O)c1cc(C(F)(F)F)ccc1Cl)C1CC1. The number of sulfonamides is 1. The summed E-state index contributed by atoms with van der Waals surface area (Å²) in [5.41, 5.74) is 0.800. The molecule has 116 valence electrons. The molecule has 0 saturated heterocycles. The second-order valence-corrected chi connectivity index (χ2v) is 6.57. The molecule has 0 atom stereocenters. The summed E-state index contributed by atoms with van der Waals surface area (Å²) in [6.07, 6.45) is -3.40. The Morgan fingerprint density at radius 1 is 1.29 bits per heavy atom. The van der Waals surface area contributed by atoms with Crippen molar-refractivity contribution < 1.29 is 26.4 Å². The number of amides is 1. The van der Waals surface area contributed by atoms with E-state index in [0.29, 0.717) is 25.0 Å². The van der Waals surface area contributed by atoms with Gasteiger partial charge in [-0.1, -0.05) is 11.6 Å². The summed E-state index contributed by atoms with van der Waals surface area (Å²) >= 11 is 5.62. The first-order valence-electron chi connectivity index (χ1n) is 5.79. The second kappa shape index (κ2) is 5.47. The summed E-state index contributed by atoms with van der Waals surface area (Å²) in [7, 11) is -4.39. The van der Waals surface area contributed by atoms with Gasteiger partial charge < -0.3 is 0 Å². The number of hydrogen-bond donors (Lipinski definition) is 2. The van der Waals surface area contributed by atoms with Crippen LogP contribution in [-0.4, -0.2) is 14.3 Å². The molecule has 10 heteroatoms. The molecular formula is C11H10ClF3N2O3S. The predicted octanol–water partition coefficient (Wildman–Crippen LogP) is 2.08. The Kier molecular flexibility index (Phi) is 4.18. The van der Waals surface area contributed by atoms with Crippen molar-refractivity contribution in [2.45, 2.75) is 23.9 Å². The normalized spacial score (nSPS) is 15.8. The van der Waals surface area contributed by atoms with Crippen molar-refractivity contribution in [3.63, 3.8) is 0 Å². The molecular weight excluding hydrogens is 333 g/mol. The number of rotatable bonds is 4. The van der Waals surface area contributed by atoms with Crippen LogP contribution in [0.3, 0.4) is 0 Å². The molecule has 1 aliphatic rings. The van der Waals surface area contributed by atoms with E-state index in [1.54, 1.807) is 4.83 Å². The third kappa shape index (κ3) is 3.86. The molecule has 1 aromatic carbocycles. The van der Waals surface area contributed by atoms with Gasteiger partial charge in [-0.25, -0.2) is 8.42 Å². The molecule has 1 fully saturated rings. The number of hydrazine groups is 1. The molecule has 0 aromatic heterocycles. The van der Waals surface area contributed by atoms with Gasteiger partial charge in [0.2, 0.25) is 5.91 Å². The zero-order valence-electron chi connectivity index (χ0n) is 10.4. The summed E-state index contributed by atoms with van der Waals surface area (Å²) in [6, 6.07) is 1.92. The molecule has 0 unspecified atom stereocenters. The van der Waals surface area contributed by atoms with Crippen molar-refractivity contribution >= 4 is 27.5 Å². The minimum Gasteiger partial charge on any atom is -0.277 e. The molecule has 0 bridgehead atoms.